The van der Waals surface area contributed by atoms with Crippen molar-refractivity contribution in [1.82, 2.24) is 20.2 Å². The second-order valence-corrected chi connectivity index (χ2v) is 11.5. The lowest BCUT2D eigenvalue weighted by Gasteiger charge is -2.42. The Morgan fingerprint density at radius 1 is 1.00 bits per heavy atom. The van der Waals surface area contributed by atoms with Gasteiger partial charge in [-0.1, -0.05) is 30.3 Å². The number of carbonyl (C=O) groups excluding carboxylic acids is 3. The smallest absolute Gasteiger partial charge is 0.269 e. The lowest BCUT2D eigenvalue weighted by Crippen LogP contribution is -2.60. The second-order valence-electron chi connectivity index (χ2n) is 11.5. The first-order valence-corrected chi connectivity index (χ1v) is 14.8. The maximum absolute atomic E-state index is 14.1. The minimum absolute atomic E-state index is 0.0650. The van der Waals surface area contributed by atoms with Gasteiger partial charge in [0.15, 0.2) is 0 Å². The van der Waals surface area contributed by atoms with Gasteiger partial charge in [-0.05, 0) is 47.9 Å². The quantitative estimate of drug-likeness (QED) is 0.401. The minimum Gasteiger partial charge on any atom is -0.381 e. The zero-order valence-corrected chi connectivity index (χ0v) is 24.6. The predicted octanol–water partition coefficient (Wildman–Crippen LogP) is 3.24. The summed E-state index contributed by atoms with van der Waals surface area (Å²) >= 11 is 0. The third-order valence-corrected chi connectivity index (χ3v) is 8.60. The topological polar surface area (TPSA) is 112 Å². The van der Waals surface area contributed by atoms with E-state index in [-0.39, 0.29) is 23.8 Å². The first-order chi connectivity index (χ1) is 21.3. The van der Waals surface area contributed by atoms with Crippen molar-refractivity contribution in [2.24, 2.45) is 0 Å². The van der Waals surface area contributed by atoms with E-state index >= 15 is 0 Å². The van der Waals surface area contributed by atoms with Crippen LogP contribution in [0.4, 0.5) is 15.8 Å². The maximum Gasteiger partial charge on any atom is 0.269 e. The molecule has 0 saturated carbocycles. The van der Waals surface area contributed by atoms with E-state index in [0.29, 0.717) is 25.1 Å². The summed E-state index contributed by atoms with van der Waals surface area (Å²) in [6, 6.07) is 20.0. The average Bonchev–Trinajstić information content (AvgIpc) is 3.02. The van der Waals surface area contributed by atoms with Crippen molar-refractivity contribution in [3.8, 4) is 6.07 Å². The first-order valence-electron chi connectivity index (χ1n) is 14.8. The highest BCUT2D eigenvalue weighted by Crippen LogP contribution is 2.31. The molecule has 2 N–H and O–H groups in total. The molecule has 11 heteroatoms. The van der Waals surface area contributed by atoms with Crippen molar-refractivity contribution in [3.05, 3.63) is 94.3 Å². The lowest BCUT2D eigenvalue weighted by atomic mass is 9.98. The summed E-state index contributed by atoms with van der Waals surface area (Å²) in [5.41, 5.74) is 5.50. The van der Waals surface area contributed by atoms with Crippen LogP contribution in [0.3, 0.4) is 0 Å². The van der Waals surface area contributed by atoms with Crippen molar-refractivity contribution in [2.75, 3.05) is 43.4 Å². The molecule has 0 radical (unpaired) electrons. The molecular weight excluding hydrogens is 561 g/mol. The Bertz CT molecular complexity index is 1630. The number of nitrogens with one attached hydrogen (secondary N) is 2. The molecule has 0 aliphatic carbocycles. The first kappa shape index (κ1) is 29.3. The summed E-state index contributed by atoms with van der Waals surface area (Å²) < 4.78 is 14.1. The van der Waals surface area contributed by atoms with Crippen molar-refractivity contribution >= 4 is 29.1 Å². The third kappa shape index (κ3) is 6.00. The Hall–Kier alpha value is -4.79. The fourth-order valence-electron chi connectivity index (χ4n) is 6.18. The number of nitriles is 1. The van der Waals surface area contributed by atoms with Crippen molar-refractivity contribution in [3.63, 3.8) is 0 Å². The number of piperazine rings is 1. The van der Waals surface area contributed by atoms with Gasteiger partial charge in [0.2, 0.25) is 5.91 Å². The number of rotatable bonds is 7. The molecule has 3 aliphatic rings. The molecule has 3 amide bonds. The Balaban J connectivity index is 1.04. The van der Waals surface area contributed by atoms with Gasteiger partial charge in [0.25, 0.3) is 11.8 Å². The normalized spacial score (nSPS) is 19.4. The van der Waals surface area contributed by atoms with E-state index in [1.165, 1.54) is 22.7 Å². The van der Waals surface area contributed by atoms with E-state index in [1.54, 1.807) is 18.1 Å². The molecule has 0 spiro atoms. The van der Waals surface area contributed by atoms with E-state index in [4.69, 9.17) is 5.26 Å². The van der Waals surface area contributed by atoms with Crippen LogP contribution in [-0.2, 0) is 29.2 Å². The molecule has 2 fully saturated rings. The van der Waals surface area contributed by atoms with Crippen LogP contribution in [0, 0.1) is 17.1 Å². The zero-order valence-electron chi connectivity index (χ0n) is 24.6. The van der Waals surface area contributed by atoms with Gasteiger partial charge in [0.05, 0.1) is 5.56 Å². The van der Waals surface area contributed by atoms with E-state index in [0.717, 1.165) is 55.2 Å². The highest BCUT2D eigenvalue weighted by molar-refractivity contribution is 6.04. The summed E-state index contributed by atoms with van der Waals surface area (Å²) in [5.74, 6) is -1.48. The maximum atomic E-state index is 14.1. The number of hydrogen-bond donors (Lipinski definition) is 2. The molecule has 0 bridgehead atoms. The SMILES string of the molecule is CN1Cc2c(NCc3ccc(CN4CCN(c5ccc(C#N)c(F)c5)CC4)cc3)cccc2C(=O)N1C1CCC(=O)NC1=O. The Labute approximate surface area is 255 Å². The number of anilines is 2. The fraction of sp³-hybridized carbons (Fsp3) is 0.333. The summed E-state index contributed by atoms with van der Waals surface area (Å²) in [6.07, 6.45) is 0.514. The monoisotopic (exact) mass is 595 g/mol. The number of fused-ring (bicyclic) bond motifs is 1. The van der Waals surface area contributed by atoms with Crippen LogP contribution in [0.25, 0.3) is 0 Å². The fourth-order valence-corrected chi connectivity index (χ4v) is 6.18. The lowest BCUT2D eigenvalue weighted by molar-refractivity contribution is -0.142. The molecule has 3 heterocycles. The second kappa shape index (κ2) is 12.4. The van der Waals surface area contributed by atoms with E-state index in [1.807, 2.05) is 24.3 Å². The third-order valence-electron chi connectivity index (χ3n) is 8.60. The van der Waals surface area contributed by atoms with Crippen LogP contribution >= 0.6 is 0 Å². The number of piperidine rings is 1. The largest absolute Gasteiger partial charge is 0.381 e. The van der Waals surface area contributed by atoms with Gasteiger partial charge in [-0.2, -0.15) is 5.26 Å². The molecule has 2 saturated heterocycles. The van der Waals surface area contributed by atoms with Gasteiger partial charge in [-0.3, -0.25) is 29.6 Å². The molecule has 3 aliphatic heterocycles. The van der Waals surface area contributed by atoms with E-state index in [2.05, 4.69) is 44.7 Å². The molecule has 1 atom stereocenters. The molecule has 10 nitrogen and oxygen atoms in total. The van der Waals surface area contributed by atoms with Gasteiger partial charge in [0.1, 0.15) is 17.9 Å². The van der Waals surface area contributed by atoms with E-state index in [9.17, 15) is 18.8 Å². The molecule has 44 heavy (non-hydrogen) atoms. The number of nitrogens with zero attached hydrogens (tertiary/aromatic N) is 5. The summed E-state index contributed by atoms with van der Waals surface area (Å²) in [4.78, 5) is 42.1. The van der Waals surface area contributed by atoms with Gasteiger partial charge in [-0.15, -0.1) is 0 Å². The van der Waals surface area contributed by atoms with Crippen LogP contribution in [0.1, 0.15) is 45.5 Å². The van der Waals surface area contributed by atoms with Crippen molar-refractivity contribution < 1.29 is 18.8 Å². The standard InChI is InChI=1S/C33H34FN7O3/c1-38-21-27-26(33(44)41(38)30-11-12-31(42)37-32(30)43)3-2-4-29(27)36-19-22-5-7-23(8-6-22)20-39-13-15-40(16-14-39)25-10-9-24(18-35)28(34)17-25/h2-10,17,30,36H,11-16,19-21H2,1H3,(H,37,42,43). The van der Waals surface area contributed by atoms with Gasteiger partial charge >= 0.3 is 0 Å². The Morgan fingerprint density at radius 3 is 2.45 bits per heavy atom. The highest BCUT2D eigenvalue weighted by atomic mass is 19.1. The molecule has 1 unspecified atom stereocenters. The zero-order chi connectivity index (χ0) is 30.8. The molecule has 3 aromatic rings. The molecule has 6 rings (SSSR count). The molecule has 0 aromatic heterocycles. The number of hydrazine groups is 1. The van der Waals surface area contributed by atoms with E-state index < -0.39 is 17.8 Å². The molecular formula is C33H34FN7O3. The number of imide groups is 1. The number of benzene rings is 3. The number of hydrogen-bond acceptors (Lipinski definition) is 8. The van der Waals surface area contributed by atoms with Crippen LogP contribution in [0.2, 0.25) is 0 Å². The highest BCUT2D eigenvalue weighted by Gasteiger charge is 2.40. The number of carbonyl (C=O) groups is 3. The Morgan fingerprint density at radius 2 is 1.75 bits per heavy atom. The van der Waals surface area contributed by atoms with Gasteiger partial charge in [-0.25, -0.2) is 9.40 Å². The summed E-state index contributed by atoms with van der Waals surface area (Å²) in [7, 11) is 1.78. The molecule has 3 aromatic carbocycles. The Kier molecular flexibility index (Phi) is 8.28. The van der Waals surface area contributed by atoms with Gasteiger partial charge in [0, 0.05) is 81.8 Å². The minimum atomic E-state index is -0.704. The van der Waals surface area contributed by atoms with Crippen LogP contribution < -0.4 is 15.5 Å². The summed E-state index contributed by atoms with van der Waals surface area (Å²) in [5, 5.41) is 18.0. The van der Waals surface area contributed by atoms with Crippen LogP contribution in [0.15, 0.2) is 60.7 Å². The predicted molar refractivity (Wildman–Crippen MR) is 163 cm³/mol. The number of halogens is 1. The molecule has 226 valence electrons. The van der Waals surface area contributed by atoms with Crippen LogP contribution in [-0.4, -0.2) is 71.9 Å². The van der Waals surface area contributed by atoms with Gasteiger partial charge < -0.3 is 10.2 Å². The average molecular weight is 596 g/mol. The summed E-state index contributed by atoms with van der Waals surface area (Å²) in [6.45, 7) is 5.17. The van der Waals surface area contributed by atoms with Crippen LogP contribution in [0.5, 0.6) is 0 Å². The number of amides is 3. The van der Waals surface area contributed by atoms with Crippen molar-refractivity contribution in [2.45, 2.75) is 38.5 Å². The van der Waals surface area contributed by atoms with Crippen molar-refractivity contribution in [1.29, 1.82) is 5.26 Å².